The molecule has 0 aliphatic carbocycles. The molecule has 3 rings (SSSR count). The quantitative estimate of drug-likeness (QED) is 0.725. The fraction of sp³-hybridized carbons (Fsp3) is 0.158. The minimum absolute atomic E-state index is 0.0237. The van der Waals surface area contributed by atoms with Crippen LogP contribution in [0.2, 0.25) is 0 Å². The Morgan fingerprint density at radius 3 is 2.56 bits per heavy atom. The molecule has 0 bridgehead atoms. The number of carbonyl (C=O) groups is 1. The van der Waals surface area contributed by atoms with Gasteiger partial charge in [-0.15, -0.1) is 0 Å². The zero-order valence-electron chi connectivity index (χ0n) is 14.8. The van der Waals surface area contributed by atoms with Crippen LogP contribution in [0.25, 0.3) is 11.3 Å². The van der Waals surface area contributed by atoms with Gasteiger partial charge < -0.3 is 19.3 Å². The normalized spacial score (nSPS) is 10.6. The molecule has 1 amide bonds. The van der Waals surface area contributed by atoms with E-state index in [9.17, 15) is 13.6 Å². The molecule has 1 heterocycles. The van der Waals surface area contributed by atoms with Crippen LogP contribution >= 0.6 is 0 Å². The SMILES string of the molecule is COc1ccc(OC)c(NC(=O)c2c(-c3ccc(F)cc3F)noc2C)c1. The van der Waals surface area contributed by atoms with E-state index in [2.05, 4.69) is 10.5 Å². The number of nitrogens with one attached hydrogen (secondary N) is 1. The van der Waals surface area contributed by atoms with Gasteiger partial charge in [0.15, 0.2) is 0 Å². The highest BCUT2D eigenvalue weighted by Gasteiger charge is 2.24. The lowest BCUT2D eigenvalue weighted by atomic mass is 10.0. The molecule has 27 heavy (non-hydrogen) atoms. The third kappa shape index (κ3) is 3.59. The zero-order chi connectivity index (χ0) is 19.6. The van der Waals surface area contributed by atoms with E-state index in [1.807, 2.05) is 0 Å². The number of hydrogen-bond donors (Lipinski definition) is 1. The van der Waals surface area contributed by atoms with Crippen molar-refractivity contribution in [3.05, 3.63) is 59.4 Å². The molecule has 0 saturated carbocycles. The second kappa shape index (κ2) is 7.45. The van der Waals surface area contributed by atoms with Gasteiger partial charge in [0.25, 0.3) is 5.91 Å². The first-order valence-electron chi connectivity index (χ1n) is 7.89. The van der Waals surface area contributed by atoms with Gasteiger partial charge in [-0.2, -0.15) is 0 Å². The molecule has 0 spiro atoms. The van der Waals surface area contributed by atoms with Gasteiger partial charge in [-0.3, -0.25) is 4.79 Å². The number of halogens is 2. The zero-order valence-corrected chi connectivity index (χ0v) is 14.8. The van der Waals surface area contributed by atoms with Gasteiger partial charge in [-0.1, -0.05) is 5.16 Å². The number of amides is 1. The highest BCUT2D eigenvalue weighted by Crippen LogP contribution is 2.32. The molecule has 2 aromatic carbocycles. The summed E-state index contributed by atoms with van der Waals surface area (Å²) in [6.07, 6.45) is 0. The van der Waals surface area contributed by atoms with E-state index in [-0.39, 0.29) is 22.6 Å². The molecule has 1 N–H and O–H groups in total. The first-order valence-corrected chi connectivity index (χ1v) is 7.89. The average molecular weight is 374 g/mol. The molecular weight excluding hydrogens is 358 g/mol. The largest absolute Gasteiger partial charge is 0.497 e. The predicted octanol–water partition coefficient (Wildman–Crippen LogP) is 4.20. The van der Waals surface area contributed by atoms with E-state index < -0.39 is 17.5 Å². The number of carbonyl (C=O) groups excluding carboxylic acids is 1. The fourth-order valence-electron chi connectivity index (χ4n) is 2.60. The van der Waals surface area contributed by atoms with Crippen molar-refractivity contribution in [2.45, 2.75) is 6.92 Å². The summed E-state index contributed by atoms with van der Waals surface area (Å²) in [4.78, 5) is 12.8. The Balaban J connectivity index is 2.01. The van der Waals surface area contributed by atoms with Crippen molar-refractivity contribution in [3.63, 3.8) is 0 Å². The van der Waals surface area contributed by atoms with Gasteiger partial charge in [0, 0.05) is 17.7 Å². The van der Waals surface area contributed by atoms with Crippen LogP contribution in [0.1, 0.15) is 16.1 Å². The predicted molar refractivity (Wildman–Crippen MR) is 94.1 cm³/mol. The van der Waals surface area contributed by atoms with Crippen molar-refractivity contribution in [2.24, 2.45) is 0 Å². The van der Waals surface area contributed by atoms with Crippen LogP contribution in [0.15, 0.2) is 40.9 Å². The molecule has 0 radical (unpaired) electrons. The first-order chi connectivity index (χ1) is 12.9. The number of ether oxygens (including phenoxy) is 2. The third-order valence-electron chi connectivity index (χ3n) is 3.93. The average Bonchev–Trinajstić information content (AvgIpc) is 3.03. The maximum absolute atomic E-state index is 14.1. The fourth-order valence-corrected chi connectivity index (χ4v) is 2.60. The van der Waals surface area contributed by atoms with E-state index in [1.165, 1.54) is 27.2 Å². The number of hydrogen-bond acceptors (Lipinski definition) is 5. The summed E-state index contributed by atoms with van der Waals surface area (Å²) in [6.45, 7) is 1.52. The molecule has 3 aromatic rings. The Kier molecular flexibility index (Phi) is 5.07. The Hall–Kier alpha value is -3.42. The van der Waals surface area contributed by atoms with Crippen molar-refractivity contribution in [1.82, 2.24) is 5.16 Å². The summed E-state index contributed by atoms with van der Waals surface area (Å²) in [5.41, 5.74) is 0.318. The Bertz CT molecular complexity index is 1000. The van der Waals surface area contributed by atoms with E-state index in [0.29, 0.717) is 23.3 Å². The Morgan fingerprint density at radius 1 is 1.11 bits per heavy atom. The van der Waals surface area contributed by atoms with Gasteiger partial charge in [0.2, 0.25) is 0 Å². The van der Waals surface area contributed by atoms with Crippen LogP contribution in [0.4, 0.5) is 14.5 Å². The Labute approximate surface area is 153 Å². The van der Waals surface area contributed by atoms with Crippen LogP contribution in [-0.4, -0.2) is 25.3 Å². The van der Waals surface area contributed by atoms with E-state index in [4.69, 9.17) is 14.0 Å². The van der Waals surface area contributed by atoms with Crippen molar-refractivity contribution in [3.8, 4) is 22.8 Å². The van der Waals surface area contributed by atoms with Crippen LogP contribution in [0.3, 0.4) is 0 Å². The summed E-state index contributed by atoms with van der Waals surface area (Å²) in [5.74, 6) is -1.06. The maximum Gasteiger partial charge on any atom is 0.261 e. The minimum atomic E-state index is -0.851. The van der Waals surface area contributed by atoms with Crippen molar-refractivity contribution in [2.75, 3.05) is 19.5 Å². The van der Waals surface area contributed by atoms with Crippen molar-refractivity contribution < 1.29 is 27.6 Å². The van der Waals surface area contributed by atoms with Crippen LogP contribution < -0.4 is 14.8 Å². The van der Waals surface area contributed by atoms with E-state index >= 15 is 0 Å². The topological polar surface area (TPSA) is 73.6 Å². The van der Waals surface area contributed by atoms with Crippen LogP contribution in [-0.2, 0) is 0 Å². The molecule has 0 unspecified atom stereocenters. The van der Waals surface area contributed by atoms with E-state index in [0.717, 1.165) is 6.07 Å². The standard InChI is InChI=1S/C19H16F2N2O4/c1-10-17(18(23-27-10)13-6-4-11(20)8-14(13)21)19(24)22-15-9-12(25-2)5-7-16(15)26-3/h4-9H,1-3H3,(H,22,24). The molecular formula is C19H16F2N2O4. The van der Waals surface area contributed by atoms with Gasteiger partial charge in [0.1, 0.15) is 40.2 Å². The van der Waals surface area contributed by atoms with Gasteiger partial charge >= 0.3 is 0 Å². The number of nitrogens with zero attached hydrogens (tertiary/aromatic N) is 1. The summed E-state index contributed by atoms with van der Waals surface area (Å²) >= 11 is 0. The molecule has 0 saturated heterocycles. The van der Waals surface area contributed by atoms with Crippen LogP contribution in [0.5, 0.6) is 11.5 Å². The lowest BCUT2D eigenvalue weighted by molar-refractivity contribution is 0.102. The second-order valence-corrected chi connectivity index (χ2v) is 5.61. The molecule has 0 aliphatic heterocycles. The number of rotatable bonds is 5. The van der Waals surface area contributed by atoms with Gasteiger partial charge in [-0.25, -0.2) is 8.78 Å². The summed E-state index contributed by atoms with van der Waals surface area (Å²) < 4.78 is 42.8. The van der Waals surface area contributed by atoms with E-state index in [1.54, 1.807) is 18.2 Å². The number of benzene rings is 2. The molecule has 140 valence electrons. The number of aromatic nitrogens is 1. The summed E-state index contributed by atoms with van der Waals surface area (Å²) in [5, 5.41) is 6.44. The number of anilines is 1. The van der Waals surface area contributed by atoms with Crippen LogP contribution in [0, 0.1) is 18.6 Å². The maximum atomic E-state index is 14.1. The molecule has 8 heteroatoms. The molecule has 1 aromatic heterocycles. The summed E-state index contributed by atoms with van der Waals surface area (Å²) in [7, 11) is 2.95. The molecule has 0 atom stereocenters. The highest BCUT2D eigenvalue weighted by molar-refractivity contribution is 6.09. The Morgan fingerprint density at radius 2 is 1.89 bits per heavy atom. The molecule has 0 aliphatic rings. The smallest absolute Gasteiger partial charge is 0.261 e. The molecule has 6 nitrogen and oxygen atoms in total. The minimum Gasteiger partial charge on any atom is -0.497 e. The lowest BCUT2D eigenvalue weighted by Crippen LogP contribution is -2.14. The monoisotopic (exact) mass is 374 g/mol. The number of aryl methyl sites for hydroxylation is 1. The second-order valence-electron chi connectivity index (χ2n) is 5.61. The third-order valence-corrected chi connectivity index (χ3v) is 3.93. The van der Waals surface area contributed by atoms with Crippen molar-refractivity contribution >= 4 is 11.6 Å². The van der Waals surface area contributed by atoms with Gasteiger partial charge in [-0.05, 0) is 31.2 Å². The first kappa shape index (κ1) is 18.4. The lowest BCUT2D eigenvalue weighted by Gasteiger charge is -2.12. The number of methoxy groups -OCH3 is 2. The molecule has 0 fully saturated rings. The van der Waals surface area contributed by atoms with Crippen molar-refractivity contribution in [1.29, 1.82) is 0 Å². The van der Waals surface area contributed by atoms with Gasteiger partial charge in [0.05, 0.1) is 19.9 Å². The summed E-state index contributed by atoms with van der Waals surface area (Å²) in [6, 6.07) is 7.89. The highest BCUT2D eigenvalue weighted by atomic mass is 19.1.